The summed E-state index contributed by atoms with van der Waals surface area (Å²) in [5.74, 6) is 0.872. The largest absolute Gasteiger partial charge is 0.381 e. The summed E-state index contributed by atoms with van der Waals surface area (Å²) in [5, 5.41) is 3.81. The Hall–Kier alpha value is -1.85. The van der Waals surface area contributed by atoms with E-state index in [9.17, 15) is 0 Å². The van der Waals surface area contributed by atoms with Crippen LogP contribution in [0.4, 0.5) is 17.3 Å². The number of nitrogen functional groups attached to an aromatic ring is 1. The van der Waals surface area contributed by atoms with Crippen LogP contribution in [0.15, 0.2) is 46.9 Å². The zero-order valence-electron chi connectivity index (χ0n) is 10.3. The van der Waals surface area contributed by atoms with Crippen molar-refractivity contribution < 1.29 is 0 Å². The lowest BCUT2D eigenvalue weighted by Gasteiger charge is -2.10. The van der Waals surface area contributed by atoms with Crippen molar-refractivity contribution in [1.82, 2.24) is 9.97 Å². The first-order chi connectivity index (χ1) is 9.63. The third-order valence-corrected chi connectivity index (χ3v) is 3.67. The van der Waals surface area contributed by atoms with E-state index >= 15 is 0 Å². The Kier molecular flexibility index (Phi) is 3.46. The topological polar surface area (TPSA) is 63.8 Å². The van der Waals surface area contributed by atoms with Gasteiger partial charge in [-0.2, -0.15) is 0 Å². The lowest BCUT2D eigenvalue weighted by molar-refractivity contribution is 1.28. The van der Waals surface area contributed by atoms with Gasteiger partial charge in [-0.25, -0.2) is 9.97 Å². The molecule has 0 saturated heterocycles. The number of nitrogens with zero attached hydrogens (tertiary/aromatic N) is 2. The number of nitrogens with two attached hydrogens (primary N) is 1. The third-order valence-electron chi connectivity index (χ3n) is 2.78. The van der Waals surface area contributed by atoms with Crippen LogP contribution in [0.2, 0.25) is 5.02 Å². The molecule has 0 aliphatic carbocycles. The molecule has 3 rings (SSSR count). The van der Waals surface area contributed by atoms with Crippen molar-refractivity contribution in [2.45, 2.75) is 0 Å². The summed E-state index contributed by atoms with van der Waals surface area (Å²) in [7, 11) is 0. The molecule has 0 aliphatic rings. The average molecular weight is 350 g/mol. The highest BCUT2D eigenvalue weighted by Crippen LogP contribution is 2.30. The molecule has 3 aromatic rings. The van der Waals surface area contributed by atoms with Crippen LogP contribution in [0.5, 0.6) is 0 Å². The van der Waals surface area contributed by atoms with Crippen molar-refractivity contribution in [3.05, 3.63) is 52.0 Å². The van der Waals surface area contributed by atoms with Gasteiger partial charge in [-0.3, -0.25) is 0 Å². The maximum Gasteiger partial charge on any atom is 0.174 e. The number of hydrogen-bond acceptors (Lipinski definition) is 4. The molecule has 0 fully saturated rings. The van der Waals surface area contributed by atoms with Crippen molar-refractivity contribution in [1.29, 1.82) is 0 Å². The zero-order chi connectivity index (χ0) is 14.1. The Morgan fingerprint density at radius 1 is 1.05 bits per heavy atom. The summed E-state index contributed by atoms with van der Waals surface area (Å²) in [6.07, 6.45) is 0. The highest BCUT2D eigenvalue weighted by Gasteiger charge is 2.08. The Morgan fingerprint density at radius 2 is 1.75 bits per heavy atom. The molecule has 0 saturated carbocycles. The number of para-hydroxylation sites is 2. The standard InChI is InChI=1S/C14H10BrClN4/c15-9-7-8(16)5-6-10(9)19-14-13(17)18-11-3-1-2-4-12(11)20-14/h1-7H,(H2,17,18)(H,19,20). The highest BCUT2D eigenvalue weighted by atomic mass is 79.9. The van der Waals surface area contributed by atoms with E-state index < -0.39 is 0 Å². The van der Waals surface area contributed by atoms with Crippen LogP contribution in [0.3, 0.4) is 0 Å². The second-order valence-corrected chi connectivity index (χ2v) is 5.49. The van der Waals surface area contributed by atoms with Gasteiger partial charge in [0.2, 0.25) is 0 Å². The van der Waals surface area contributed by atoms with Crippen molar-refractivity contribution in [3.8, 4) is 0 Å². The van der Waals surface area contributed by atoms with Crippen LogP contribution in [0, 0.1) is 0 Å². The predicted molar refractivity (Wildman–Crippen MR) is 86.4 cm³/mol. The zero-order valence-corrected chi connectivity index (χ0v) is 12.6. The first-order valence-electron chi connectivity index (χ1n) is 5.88. The van der Waals surface area contributed by atoms with E-state index in [4.69, 9.17) is 17.3 Å². The summed E-state index contributed by atoms with van der Waals surface area (Å²) in [5.41, 5.74) is 8.32. The van der Waals surface area contributed by atoms with Gasteiger partial charge in [0.15, 0.2) is 11.6 Å². The van der Waals surface area contributed by atoms with Gasteiger partial charge in [0.1, 0.15) is 0 Å². The summed E-state index contributed by atoms with van der Waals surface area (Å²) < 4.78 is 0.833. The van der Waals surface area contributed by atoms with Crippen molar-refractivity contribution in [2.24, 2.45) is 0 Å². The van der Waals surface area contributed by atoms with Crippen LogP contribution >= 0.6 is 27.5 Å². The molecule has 0 radical (unpaired) electrons. The number of anilines is 3. The fourth-order valence-electron chi connectivity index (χ4n) is 1.82. The van der Waals surface area contributed by atoms with Gasteiger partial charge in [0.25, 0.3) is 0 Å². The van der Waals surface area contributed by atoms with Crippen LogP contribution in [-0.2, 0) is 0 Å². The van der Waals surface area contributed by atoms with Crippen LogP contribution in [0.1, 0.15) is 0 Å². The second kappa shape index (κ2) is 5.26. The summed E-state index contributed by atoms with van der Waals surface area (Å²) >= 11 is 9.36. The van der Waals surface area contributed by atoms with Gasteiger partial charge in [0, 0.05) is 9.50 Å². The molecule has 0 spiro atoms. The first kappa shape index (κ1) is 13.1. The Morgan fingerprint density at radius 3 is 2.45 bits per heavy atom. The van der Waals surface area contributed by atoms with Gasteiger partial charge >= 0.3 is 0 Å². The van der Waals surface area contributed by atoms with E-state index in [0.29, 0.717) is 16.7 Å². The van der Waals surface area contributed by atoms with Crippen molar-refractivity contribution in [2.75, 3.05) is 11.1 Å². The van der Waals surface area contributed by atoms with Gasteiger partial charge in [-0.05, 0) is 46.3 Å². The predicted octanol–water partition coefficient (Wildman–Crippen LogP) is 4.37. The summed E-state index contributed by atoms with van der Waals surface area (Å²) in [4.78, 5) is 8.81. The lowest BCUT2D eigenvalue weighted by Crippen LogP contribution is -2.02. The number of halogens is 2. The molecule has 1 heterocycles. The van der Waals surface area contributed by atoms with E-state index in [2.05, 4.69) is 31.2 Å². The molecule has 2 aromatic carbocycles. The fraction of sp³-hybridized carbons (Fsp3) is 0. The Bertz CT molecular complexity index is 791. The van der Waals surface area contributed by atoms with Crippen LogP contribution in [-0.4, -0.2) is 9.97 Å². The number of fused-ring (bicyclic) bond motifs is 1. The highest BCUT2D eigenvalue weighted by molar-refractivity contribution is 9.10. The molecule has 0 aliphatic heterocycles. The normalized spacial score (nSPS) is 10.7. The SMILES string of the molecule is Nc1nc2ccccc2nc1Nc1ccc(Cl)cc1Br. The van der Waals surface area contributed by atoms with E-state index in [-0.39, 0.29) is 0 Å². The van der Waals surface area contributed by atoms with E-state index in [0.717, 1.165) is 21.2 Å². The second-order valence-electron chi connectivity index (χ2n) is 4.20. The molecule has 100 valence electrons. The van der Waals surface area contributed by atoms with Gasteiger partial charge in [-0.1, -0.05) is 23.7 Å². The molecule has 3 N–H and O–H groups in total. The molecule has 6 heteroatoms. The maximum atomic E-state index is 5.94. The number of aromatic nitrogens is 2. The van der Waals surface area contributed by atoms with Crippen molar-refractivity contribution >= 4 is 55.9 Å². The molecule has 0 bridgehead atoms. The fourth-order valence-corrected chi connectivity index (χ4v) is 2.61. The number of rotatable bonds is 2. The van der Waals surface area contributed by atoms with Gasteiger partial charge < -0.3 is 11.1 Å². The molecular weight excluding hydrogens is 340 g/mol. The maximum absolute atomic E-state index is 5.94. The molecule has 20 heavy (non-hydrogen) atoms. The molecule has 0 amide bonds. The quantitative estimate of drug-likeness (QED) is 0.721. The van der Waals surface area contributed by atoms with Gasteiger partial charge in [-0.15, -0.1) is 0 Å². The minimum Gasteiger partial charge on any atom is -0.381 e. The minimum absolute atomic E-state index is 0.352. The molecular formula is C14H10BrClN4. The smallest absolute Gasteiger partial charge is 0.174 e. The third kappa shape index (κ3) is 2.55. The van der Waals surface area contributed by atoms with E-state index in [1.807, 2.05) is 30.3 Å². The number of nitrogens with one attached hydrogen (secondary N) is 1. The van der Waals surface area contributed by atoms with Crippen LogP contribution < -0.4 is 11.1 Å². The molecule has 1 aromatic heterocycles. The minimum atomic E-state index is 0.352. The molecule has 0 unspecified atom stereocenters. The molecule has 0 atom stereocenters. The average Bonchev–Trinajstić information content (AvgIpc) is 2.42. The summed E-state index contributed by atoms with van der Waals surface area (Å²) in [6.45, 7) is 0. The van der Waals surface area contributed by atoms with E-state index in [1.54, 1.807) is 12.1 Å². The van der Waals surface area contributed by atoms with E-state index in [1.165, 1.54) is 0 Å². The lowest BCUT2D eigenvalue weighted by atomic mass is 10.3. The molecule has 4 nitrogen and oxygen atoms in total. The first-order valence-corrected chi connectivity index (χ1v) is 7.05. The monoisotopic (exact) mass is 348 g/mol. The summed E-state index contributed by atoms with van der Waals surface area (Å²) in [6, 6.07) is 13.0. The van der Waals surface area contributed by atoms with Crippen molar-refractivity contribution in [3.63, 3.8) is 0 Å². The number of hydrogen-bond donors (Lipinski definition) is 2. The Balaban J connectivity index is 2.03. The van der Waals surface area contributed by atoms with Crippen LogP contribution in [0.25, 0.3) is 11.0 Å². The number of benzene rings is 2. The van der Waals surface area contributed by atoms with Gasteiger partial charge in [0.05, 0.1) is 16.7 Å². The Labute approximate surface area is 129 Å².